The van der Waals surface area contributed by atoms with Crippen LogP contribution in [0.5, 0.6) is 5.75 Å². The zero-order chi connectivity index (χ0) is 24.7. The number of amides is 1. The van der Waals surface area contributed by atoms with Gasteiger partial charge in [0, 0.05) is 41.7 Å². The Kier molecular flexibility index (Phi) is 7.60. The van der Waals surface area contributed by atoms with Gasteiger partial charge < -0.3 is 14.8 Å². The smallest absolute Gasteiger partial charge is 0.255 e. The maximum atomic E-state index is 13.3. The van der Waals surface area contributed by atoms with Crippen LogP contribution < -0.4 is 10.1 Å². The van der Waals surface area contributed by atoms with Crippen LogP contribution in [-0.4, -0.2) is 50.3 Å². The summed E-state index contributed by atoms with van der Waals surface area (Å²) in [6.07, 6.45) is 0.944. The average Bonchev–Trinajstić information content (AvgIpc) is 2.94. The summed E-state index contributed by atoms with van der Waals surface area (Å²) in [5.41, 5.74) is 4.89. The molecule has 0 radical (unpaired) electrons. The molecule has 0 aromatic heterocycles. The molecule has 0 aliphatic carbocycles. The summed E-state index contributed by atoms with van der Waals surface area (Å²) in [6.45, 7) is 7.09. The normalized spacial score (nSPS) is 14.0. The Morgan fingerprint density at radius 2 is 1.69 bits per heavy atom. The highest BCUT2D eigenvalue weighted by Crippen LogP contribution is 2.32. The van der Waals surface area contributed by atoms with Gasteiger partial charge in [0.2, 0.25) is 0 Å². The molecule has 1 heterocycles. The lowest BCUT2D eigenvalue weighted by Crippen LogP contribution is -2.38. The van der Waals surface area contributed by atoms with E-state index in [1.807, 2.05) is 60.7 Å². The Bertz CT molecular complexity index is 1340. The van der Waals surface area contributed by atoms with Crippen LogP contribution in [-0.2, 0) is 11.2 Å². The van der Waals surface area contributed by atoms with Crippen LogP contribution in [0, 0.1) is 0 Å². The molecule has 1 saturated heterocycles. The van der Waals surface area contributed by atoms with Gasteiger partial charge >= 0.3 is 0 Å². The topological polar surface area (TPSA) is 50.8 Å². The Morgan fingerprint density at radius 3 is 2.53 bits per heavy atom. The van der Waals surface area contributed by atoms with E-state index in [1.54, 1.807) is 0 Å². The van der Waals surface area contributed by atoms with Crippen LogP contribution in [0.15, 0.2) is 84.9 Å². The number of carbonyl (C=O) groups excluding carboxylic acids is 1. The number of ether oxygens (including phenoxy) is 2. The standard InChI is InChI=1S/C31H32N2O3/c1-2-23-8-3-4-11-26(23)24-9-7-10-25(22-24)31(34)32-29-14-15-30(28-13-6-5-12-27(28)29)36-21-18-33-16-19-35-20-17-33/h3-15,22H,2,16-21H2,1H3,(H,32,34). The summed E-state index contributed by atoms with van der Waals surface area (Å²) in [5.74, 6) is 0.701. The highest BCUT2D eigenvalue weighted by atomic mass is 16.5. The number of nitrogens with zero attached hydrogens (tertiary/aromatic N) is 1. The summed E-state index contributed by atoms with van der Waals surface area (Å²) < 4.78 is 11.6. The number of fused-ring (bicyclic) bond motifs is 1. The molecule has 1 N–H and O–H groups in total. The van der Waals surface area contributed by atoms with Crippen molar-refractivity contribution in [1.29, 1.82) is 0 Å². The first kappa shape index (κ1) is 24.0. The largest absolute Gasteiger partial charge is 0.492 e. The van der Waals surface area contributed by atoms with Gasteiger partial charge in [-0.2, -0.15) is 0 Å². The quantitative estimate of drug-likeness (QED) is 0.334. The highest BCUT2D eigenvalue weighted by molar-refractivity contribution is 6.10. The van der Waals surface area contributed by atoms with E-state index in [2.05, 4.69) is 41.4 Å². The van der Waals surface area contributed by atoms with Crippen molar-refractivity contribution < 1.29 is 14.3 Å². The summed E-state index contributed by atoms with van der Waals surface area (Å²) >= 11 is 0. The van der Waals surface area contributed by atoms with E-state index in [1.165, 1.54) is 11.1 Å². The van der Waals surface area contributed by atoms with E-state index in [9.17, 15) is 4.79 Å². The van der Waals surface area contributed by atoms with Gasteiger partial charge in [0.05, 0.1) is 13.2 Å². The Labute approximate surface area is 212 Å². The molecule has 0 atom stereocenters. The molecular formula is C31H32N2O3. The third-order valence-electron chi connectivity index (χ3n) is 6.74. The number of carbonyl (C=O) groups is 1. The van der Waals surface area contributed by atoms with E-state index >= 15 is 0 Å². The van der Waals surface area contributed by atoms with Crippen molar-refractivity contribution in [3.05, 3.63) is 96.1 Å². The SMILES string of the molecule is CCc1ccccc1-c1cccc(C(=O)Nc2ccc(OCCN3CCOCC3)c3ccccc23)c1. The summed E-state index contributed by atoms with van der Waals surface area (Å²) in [4.78, 5) is 15.6. The zero-order valence-corrected chi connectivity index (χ0v) is 20.7. The predicted molar refractivity (Wildman–Crippen MR) is 146 cm³/mol. The van der Waals surface area contributed by atoms with Crippen LogP contribution >= 0.6 is 0 Å². The maximum Gasteiger partial charge on any atom is 0.255 e. The number of nitrogens with one attached hydrogen (secondary N) is 1. The second kappa shape index (κ2) is 11.4. The van der Waals surface area contributed by atoms with Crippen molar-refractivity contribution >= 4 is 22.4 Å². The van der Waals surface area contributed by atoms with Crippen molar-refractivity contribution in [3.8, 4) is 16.9 Å². The number of benzene rings is 4. The van der Waals surface area contributed by atoms with E-state index < -0.39 is 0 Å². The first-order valence-corrected chi connectivity index (χ1v) is 12.7. The van der Waals surface area contributed by atoms with Crippen molar-refractivity contribution in [2.75, 3.05) is 44.8 Å². The van der Waals surface area contributed by atoms with Gasteiger partial charge in [-0.1, -0.05) is 67.6 Å². The fourth-order valence-electron chi connectivity index (χ4n) is 4.75. The summed E-state index contributed by atoms with van der Waals surface area (Å²) in [5, 5.41) is 5.08. The first-order valence-electron chi connectivity index (χ1n) is 12.7. The first-order chi connectivity index (χ1) is 17.7. The predicted octanol–water partition coefficient (Wildman–Crippen LogP) is 6.03. The second-order valence-electron chi connectivity index (χ2n) is 9.00. The molecule has 4 aromatic carbocycles. The molecule has 5 heteroatoms. The average molecular weight is 481 g/mol. The minimum Gasteiger partial charge on any atom is -0.492 e. The van der Waals surface area contributed by atoms with E-state index in [0.717, 1.165) is 67.0 Å². The summed E-state index contributed by atoms with van der Waals surface area (Å²) in [7, 11) is 0. The van der Waals surface area contributed by atoms with Crippen LogP contribution in [0.1, 0.15) is 22.8 Å². The minimum absolute atomic E-state index is 0.128. The Hall–Kier alpha value is -3.67. The van der Waals surface area contributed by atoms with Gasteiger partial charge in [0.25, 0.3) is 5.91 Å². The Morgan fingerprint density at radius 1 is 0.917 bits per heavy atom. The third-order valence-corrected chi connectivity index (χ3v) is 6.74. The number of aryl methyl sites for hydroxylation is 1. The molecule has 36 heavy (non-hydrogen) atoms. The second-order valence-corrected chi connectivity index (χ2v) is 9.00. The van der Waals surface area contributed by atoms with Gasteiger partial charge in [-0.05, 0) is 47.4 Å². The van der Waals surface area contributed by atoms with Gasteiger partial charge in [0.1, 0.15) is 12.4 Å². The Balaban J connectivity index is 1.33. The molecule has 0 spiro atoms. The van der Waals surface area contributed by atoms with Crippen LogP contribution in [0.2, 0.25) is 0 Å². The zero-order valence-electron chi connectivity index (χ0n) is 20.7. The lowest BCUT2D eigenvalue weighted by Gasteiger charge is -2.26. The van der Waals surface area contributed by atoms with Crippen molar-refractivity contribution in [2.45, 2.75) is 13.3 Å². The lowest BCUT2D eigenvalue weighted by molar-refractivity contribution is 0.0323. The molecule has 0 saturated carbocycles. The number of hydrogen-bond acceptors (Lipinski definition) is 4. The van der Waals surface area contributed by atoms with E-state index in [4.69, 9.17) is 9.47 Å². The van der Waals surface area contributed by atoms with Crippen LogP contribution in [0.25, 0.3) is 21.9 Å². The molecule has 1 aliphatic rings. The molecule has 4 aromatic rings. The number of rotatable bonds is 8. The molecule has 0 unspecified atom stereocenters. The van der Waals surface area contributed by atoms with Crippen molar-refractivity contribution in [1.82, 2.24) is 4.90 Å². The molecule has 1 aliphatic heterocycles. The highest BCUT2D eigenvalue weighted by Gasteiger charge is 2.14. The molecular weight excluding hydrogens is 448 g/mol. The molecule has 1 fully saturated rings. The van der Waals surface area contributed by atoms with Gasteiger partial charge in [-0.15, -0.1) is 0 Å². The van der Waals surface area contributed by atoms with Gasteiger partial charge in [-0.3, -0.25) is 9.69 Å². The maximum absolute atomic E-state index is 13.3. The van der Waals surface area contributed by atoms with Gasteiger partial charge in [0.15, 0.2) is 0 Å². The number of morpholine rings is 1. The van der Waals surface area contributed by atoms with Crippen LogP contribution in [0.3, 0.4) is 0 Å². The molecule has 0 bridgehead atoms. The number of hydrogen-bond donors (Lipinski definition) is 1. The van der Waals surface area contributed by atoms with Crippen LogP contribution in [0.4, 0.5) is 5.69 Å². The number of anilines is 1. The molecule has 5 nitrogen and oxygen atoms in total. The fraction of sp³-hybridized carbons (Fsp3) is 0.258. The fourth-order valence-corrected chi connectivity index (χ4v) is 4.75. The van der Waals surface area contributed by atoms with Crippen molar-refractivity contribution in [3.63, 3.8) is 0 Å². The van der Waals surface area contributed by atoms with E-state index in [0.29, 0.717) is 12.2 Å². The summed E-state index contributed by atoms with van der Waals surface area (Å²) in [6, 6.07) is 28.1. The lowest BCUT2D eigenvalue weighted by atomic mass is 9.96. The van der Waals surface area contributed by atoms with E-state index in [-0.39, 0.29) is 5.91 Å². The van der Waals surface area contributed by atoms with Gasteiger partial charge in [-0.25, -0.2) is 0 Å². The van der Waals surface area contributed by atoms with Crippen molar-refractivity contribution in [2.24, 2.45) is 0 Å². The third kappa shape index (κ3) is 5.43. The monoisotopic (exact) mass is 480 g/mol. The molecule has 184 valence electrons. The molecule has 5 rings (SSSR count). The molecule has 1 amide bonds. The minimum atomic E-state index is -0.128.